The van der Waals surface area contributed by atoms with E-state index in [0.717, 1.165) is 29.0 Å². The Bertz CT molecular complexity index is 920. The Morgan fingerprint density at radius 3 is 2.70 bits per heavy atom. The maximum Gasteiger partial charge on any atom is 0.223 e. The minimum absolute atomic E-state index is 0.121. The van der Waals surface area contributed by atoms with E-state index in [9.17, 15) is 4.79 Å². The first-order valence-corrected chi connectivity index (χ1v) is 9.61. The van der Waals surface area contributed by atoms with Gasteiger partial charge in [-0.1, -0.05) is 42.5 Å². The van der Waals surface area contributed by atoms with Gasteiger partial charge in [0.05, 0.1) is 17.6 Å². The van der Waals surface area contributed by atoms with Gasteiger partial charge in [-0.25, -0.2) is 4.98 Å². The topological polar surface area (TPSA) is 47.4 Å². The second-order valence-corrected chi connectivity index (χ2v) is 6.97. The zero-order valence-corrected chi connectivity index (χ0v) is 15.7. The number of aromatic nitrogens is 2. The highest BCUT2D eigenvalue weighted by Gasteiger charge is 2.33. The van der Waals surface area contributed by atoms with Crippen molar-refractivity contribution in [1.82, 2.24) is 14.5 Å². The summed E-state index contributed by atoms with van der Waals surface area (Å²) >= 11 is 0. The molecular weight excluding hydrogens is 338 g/mol. The summed E-state index contributed by atoms with van der Waals surface area (Å²) in [6.45, 7) is 5.49. The number of nitrogens with zero attached hydrogens (tertiary/aromatic N) is 3. The van der Waals surface area contributed by atoms with E-state index in [-0.39, 0.29) is 11.8 Å². The van der Waals surface area contributed by atoms with Crippen LogP contribution in [0.4, 0.5) is 0 Å². The van der Waals surface area contributed by atoms with Crippen LogP contribution in [0.3, 0.4) is 0 Å². The first-order valence-electron chi connectivity index (χ1n) is 9.61. The third-order valence-corrected chi connectivity index (χ3v) is 5.14. The molecule has 1 aliphatic rings. The predicted octanol–water partition coefficient (Wildman–Crippen LogP) is 3.59. The van der Waals surface area contributed by atoms with Crippen LogP contribution in [0.1, 0.15) is 30.7 Å². The van der Waals surface area contributed by atoms with Crippen molar-refractivity contribution in [3.63, 3.8) is 0 Å². The van der Waals surface area contributed by atoms with Crippen molar-refractivity contribution in [2.24, 2.45) is 0 Å². The molecule has 140 valence electrons. The molecule has 1 aliphatic heterocycles. The van der Waals surface area contributed by atoms with Crippen LogP contribution in [0.2, 0.25) is 0 Å². The molecular formula is C22H25N3O2. The summed E-state index contributed by atoms with van der Waals surface area (Å²) in [5, 5.41) is 0. The first kappa shape index (κ1) is 17.7. The first-order chi connectivity index (χ1) is 13.3. The number of carbonyl (C=O) groups is 1. The molecule has 1 atom stereocenters. The summed E-state index contributed by atoms with van der Waals surface area (Å²) in [7, 11) is 0. The normalized spacial score (nSPS) is 17.1. The lowest BCUT2D eigenvalue weighted by Crippen LogP contribution is -2.24. The van der Waals surface area contributed by atoms with Crippen LogP contribution < -0.4 is 0 Å². The molecule has 2 aromatic carbocycles. The summed E-state index contributed by atoms with van der Waals surface area (Å²) in [4.78, 5) is 19.4. The minimum Gasteiger partial charge on any atom is -0.380 e. The van der Waals surface area contributed by atoms with Crippen molar-refractivity contribution in [2.75, 3.05) is 19.8 Å². The van der Waals surface area contributed by atoms with Gasteiger partial charge in [-0.2, -0.15) is 0 Å². The maximum atomic E-state index is 12.6. The molecule has 5 heteroatoms. The van der Waals surface area contributed by atoms with Crippen LogP contribution >= 0.6 is 0 Å². The summed E-state index contributed by atoms with van der Waals surface area (Å²) in [5.74, 6) is 1.32. The Morgan fingerprint density at radius 1 is 1.11 bits per heavy atom. The van der Waals surface area contributed by atoms with Crippen LogP contribution in [0, 0.1) is 0 Å². The van der Waals surface area contributed by atoms with E-state index in [0.29, 0.717) is 32.7 Å². The van der Waals surface area contributed by atoms with E-state index in [1.165, 1.54) is 0 Å². The molecule has 2 heterocycles. The highest BCUT2D eigenvalue weighted by molar-refractivity contribution is 5.81. The van der Waals surface area contributed by atoms with Gasteiger partial charge in [0.1, 0.15) is 5.82 Å². The average molecular weight is 363 g/mol. The summed E-state index contributed by atoms with van der Waals surface area (Å²) in [6.07, 6.45) is 0.519. The zero-order valence-electron chi connectivity index (χ0n) is 15.7. The largest absolute Gasteiger partial charge is 0.380 e. The minimum atomic E-state index is 0.121. The van der Waals surface area contributed by atoms with Crippen molar-refractivity contribution in [1.29, 1.82) is 0 Å². The van der Waals surface area contributed by atoms with Crippen LogP contribution in [-0.4, -0.2) is 40.1 Å². The number of ether oxygens (including phenoxy) is 1. The maximum absolute atomic E-state index is 12.6. The van der Waals surface area contributed by atoms with Crippen molar-refractivity contribution in [2.45, 2.75) is 32.4 Å². The van der Waals surface area contributed by atoms with Crippen LogP contribution in [-0.2, 0) is 22.6 Å². The van der Waals surface area contributed by atoms with Gasteiger partial charge in [0.25, 0.3) is 0 Å². The third kappa shape index (κ3) is 3.74. The molecule has 0 aliphatic carbocycles. The van der Waals surface area contributed by atoms with E-state index in [1.807, 2.05) is 48.2 Å². The lowest BCUT2D eigenvalue weighted by Gasteiger charge is -2.17. The van der Waals surface area contributed by atoms with E-state index >= 15 is 0 Å². The summed E-state index contributed by atoms with van der Waals surface area (Å²) in [5.41, 5.74) is 3.26. The molecule has 0 radical (unpaired) electrons. The molecule has 0 saturated carbocycles. The summed E-state index contributed by atoms with van der Waals surface area (Å²) < 4.78 is 7.80. The van der Waals surface area contributed by atoms with Gasteiger partial charge < -0.3 is 14.2 Å². The highest BCUT2D eigenvalue weighted by atomic mass is 16.5. The number of hydrogen-bond donors (Lipinski definition) is 0. The van der Waals surface area contributed by atoms with E-state index in [1.54, 1.807) is 0 Å². The standard InChI is InChI=1S/C22H25N3O2/c1-2-27-13-12-25-20-11-7-6-10-19(20)23-22(25)18-14-21(26)24(16-18)15-17-8-4-3-5-9-17/h3-11,18H,2,12-16H2,1H3. The highest BCUT2D eigenvalue weighted by Crippen LogP contribution is 2.31. The van der Waals surface area contributed by atoms with E-state index in [2.05, 4.69) is 22.8 Å². The smallest absolute Gasteiger partial charge is 0.223 e. The SMILES string of the molecule is CCOCCn1c(C2CC(=O)N(Cc3ccccc3)C2)nc2ccccc21. The predicted molar refractivity (Wildman–Crippen MR) is 105 cm³/mol. The fourth-order valence-corrected chi connectivity index (χ4v) is 3.84. The van der Waals surface area contributed by atoms with Crippen molar-refractivity contribution in [3.8, 4) is 0 Å². The number of likely N-dealkylation sites (tertiary alicyclic amines) is 1. The van der Waals surface area contributed by atoms with E-state index < -0.39 is 0 Å². The van der Waals surface area contributed by atoms with Crippen LogP contribution in [0.15, 0.2) is 54.6 Å². The Morgan fingerprint density at radius 2 is 1.89 bits per heavy atom. The Kier molecular flexibility index (Phi) is 5.21. The Balaban J connectivity index is 1.58. The lowest BCUT2D eigenvalue weighted by molar-refractivity contribution is -0.128. The number of hydrogen-bond acceptors (Lipinski definition) is 3. The molecule has 5 nitrogen and oxygen atoms in total. The Labute approximate surface area is 159 Å². The van der Waals surface area contributed by atoms with E-state index in [4.69, 9.17) is 9.72 Å². The van der Waals surface area contributed by atoms with Gasteiger partial charge in [-0.15, -0.1) is 0 Å². The molecule has 1 fully saturated rings. The van der Waals surface area contributed by atoms with Gasteiger partial charge in [0.2, 0.25) is 5.91 Å². The molecule has 1 unspecified atom stereocenters. The second-order valence-electron chi connectivity index (χ2n) is 6.97. The molecule has 27 heavy (non-hydrogen) atoms. The molecule has 4 rings (SSSR count). The van der Waals surface area contributed by atoms with Gasteiger partial charge in [0, 0.05) is 38.6 Å². The number of carbonyl (C=O) groups excluding carboxylic acids is 1. The fourth-order valence-electron chi connectivity index (χ4n) is 3.84. The molecule has 0 bridgehead atoms. The zero-order chi connectivity index (χ0) is 18.6. The fraction of sp³-hybridized carbons (Fsp3) is 0.364. The number of rotatable bonds is 7. The summed E-state index contributed by atoms with van der Waals surface area (Å²) in [6, 6.07) is 18.3. The van der Waals surface area contributed by atoms with Gasteiger partial charge in [0.15, 0.2) is 0 Å². The molecule has 1 amide bonds. The molecule has 0 spiro atoms. The lowest BCUT2D eigenvalue weighted by atomic mass is 10.1. The van der Waals surface area contributed by atoms with Crippen molar-refractivity contribution >= 4 is 16.9 Å². The third-order valence-electron chi connectivity index (χ3n) is 5.14. The quantitative estimate of drug-likeness (QED) is 0.603. The van der Waals surface area contributed by atoms with Gasteiger partial charge in [-0.3, -0.25) is 4.79 Å². The molecule has 1 saturated heterocycles. The average Bonchev–Trinajstić information content (AvgIpc) is 3.24. The monoisotopic (exact) mass is 363 g/mol. The number of fused-ring (bicyclic) bond motifs is 1. The van der Waals surface area contributed by atoms with Crippen molar-refractivity contribution in [3.05, 3.63) is 66.0 Å². The van der Waals surface area contributed by atoms with Crippen LogP contribution in [0.25, 0.3) is 11.0 Å². The van der Waals surface area contributed by atoms with Crippen LogP contribution in [0.5, 0.6) is 0 Å². The molecule has 3 aromatic rings. The van der Waals surface area contributed by atoms with Gasteiger partial charge >= 0.3 is 0 Å². The Hall–Kier alpha value is -2.66. The van der Waals surface area contributed by atoms with Crippen molar-refractivity contribution < 1.29 is 9.53 Å². The second kappa shape index (κ2) is 7.92. The molecule has 0 N–H and O–H groups in total. The van der Waals surface area contributed by atoms with Gasteiger partial charge in [-0.05, 0) is 24.6 Å². The number of para-hydroxylation sites is 2. The molecule has 1 aromatic heterocycles. The number of amides is 1. The number of benzene rings is 2. The number of imidazole rings is 1.